The van der Waals surface area contributed by atoms with Crippen molar-refractivity contribution in [2.45, 2.75) is 32.2 Å². The Labute approximate surface area is 109 Å². The van der Waals surface area contributed by atoms with Crippen LogP contribution in [0.15, 0.2) is 24.3 Å². The van der Waals surface area contributed by atoms with Crippen molar-refractivity contribution >= 4 is 5.97 Å². The lowest BCUT2D eigenvalue weighted by atomic mass is 9.88. The number of hydrogen-bond acceptors (Lipinski definition) is 3. The Bertz CT molecular complexity index is 417. The zero-order valence-corrected chi connectivity index (χ0v) is 11.1. The summed E-state index contributed by atoms with van der Waals surface area (Å²) in [4.78, 5) is 11.3. The molecule has 0 amide bonds. The zero-order chi connectivity index (χ0) is 13.0. The summed E-state index contributed by atoms with van der Waals surface area (Å²) in [5.74, 6) is -0.217. The third-order valence-electron chi connectivity index (χ3n) is 3.66. The molecule has 0 bridgehead atoms. The van der Waals surface area contributed by atoms with Gasteiger partial charge in [0.25, 0.3) is 0 Å². The topological polar surface area (TPSA) is 38.3 Å². The highest BCUT2D eigenvalue weighted by molar-refractivity contribution is 5.72. The SMILES string of the molecule is COC(=O)C(C)CNC1CCc2ccccc2C1. The summed E-state index contributed by atoms with van der Waals surface area (Å²) in [6, 6.07) is 9.09. The quantitative estimate of drug-likeness (QED) is 0.826. The normalized spacial score (nSPS) is 20.0. The van der Waals surface area contributed by atoms with Gasteiger partial charge in [0, 0.05) is 12.6 Å². The molecule has 0 saturated heterocycles. The van der Waals surface area contributed by atoms with E-state index in [2.05, 4.69) is 29.6 Å². The molecular formula is C15H21NO2. The standard InChI is InChI=1S/C15H21NO2/c1-11(15(17)18-2)10-16-14-8-7-12-5-3-4-6-13(12)9-14/h3-6,11,14,16H,7-10H2,1-2H3. The number of rotatable bonds is 4. The summed E-state index contributed by atoms with van der Waals surface area (Å²) < 4.78 is 4.73. The van der Waals surface area contributed by atoms with Gasteiger partial charge in [-0.15, -0.1) is 0 Å². The molecule has 0 radical (unpaired) electrons. The molecule has 2 rings (SSSR count). The minimum atomic E-state index is -0.140. The summed E-state index contributed by atoms with van der Waals surface area (Å²) in [5.41, 5.74) is 2.91. The number of fused-ring (bicyclic) bond motifs is 1. The first-order valence-corrected chi connectivity index (χ1v) is 6.58. The molecule has 0 fully saturated rings. The van der Waals surface area contributed by atoms with Gasteiger partial charge in [0.1, 0.15) is 0 Å². The van der Waals surface area contributed by atoms with Gasteiger partial charge in [-0.2, -0.15) is 0 Å². The smallest absolute Gasteiger partial charge is 0.309 e. The molecule has 0 aromatic heterocycles. The number of carbonyl (C=O) groups is 1. The molecule has 1 aromatic rings. The van der Waals surface area contributed by atoms with Crippen LogP contribution >= 0.6 is 0 Å². The van der Waals surface area contributed by atoms with Crippen LogP contribution in [0.2, 0.25) is 0 Å². The second-order valence-corrected chi connectivity index (χ2v) is 5.04. The molecule has 2 atom stereocenters. The van der Waals surface area contributed by atoms with Crippen LogP contribution in [0.4, 0.5) is 0 Å². The first-order chi connectivity index (χ1) is 8.70. The third-order valence-corrected chi connectivity index (χ3v) is 3.66. The maximum absolute atomic E-state index is 11.3. The Morgan fingerprint density at radius 3 is 2.89 bits per heavy atom. The van der Waals surface area contributed by atoms with E-state index in [9.17, 15) is 4.79 Å². The van der Waals surface area contributed by atoms with E-state index in [0.29, 0.717) is 12.6 Å². The molecule has 98 valence electrons. The van der Waals surface area contributed by atoms with Crippen molar-refractivity contribution in [3.05, 3.63) is 35.4 Å². The predicted octanol–water partition coefficient (Wildman–Crippen LogP) is 1.94. The fourth-order valence-electron chi connectivity index (χ4n) is 2.50. The first kappa shape index (κ1) is 13.1. The van der Waals surface area contributed by atoms with Crippen LogP contribution in [0.3, 0.4) is 0 Å². The molecule has 0 saturated carbocycles. The van der Waals surface area contributed by atoms with Gasteiger partial charge in [0.15, 0.2) is 0 Å². The van der Waals surface area contributed by atoms with Crippen molar-refractivity contribution in [3.63, 3.8) is 0 Å². The second-order valence-electron chi connectivity index (χ2n) is 5.04. The number of hydrogen-bond donors (Lipinski definition) is 1. The maximum atomic E-state index is 11.3. The van der Waals surface area contributed by atoms with Crippen molar-refractivity contribution in [3.8, 4) is 0 Å². The van der Waals surface area contributed by atoms with E-state index in [1.54, 1.807) is 0 Å². The molecule has 0 heterocycles. The Kier molecular flexibility index (Phi) is 4.37. The highest BCUT2D eigenvalue weighted by atomic mass is 16.5. The molecule has 1 aromatic carbocycles. The maximum Gasteiger partial charge on any atom is 0.309 e. The van der Waals surface area contributed by atoms with Crippen LogP contribution in [-0.4, -0.2) is 25.7 Å². The molecular weight excluding hydrogens is 226 g/mol. The van der Waals surface area contributed by atoms with Crippen molar-refractivity contribution in [1.29, 1.82) is 0 Å². The summed E-state index contributed by atoms with van der Waals surface area (Å²) in [7, 11) is 1.44. The number of esters is 1. The van der Waals surface area contributed by atoms with E-state index >= 15 is 0 Å². The molecule has 1 N–H and O–H groups in total. The predicted molar refractivity (Wildman–Crippen MR) is 71.4 cm³/mol. The molecule has 2 unspecified atom stereocenters. The lowest BCUT2D eigenvalue weighted by Crippen LogP contribution is -2.38. The van der Waals surface area contributed by atoms with Gasteiger partial charge in [-0.3, -0.25) is 4.79 Å². The minimum absolute atomic E-state index is 0.0767. The van der Waals surface area contributed by atoms with Gasteiger partial charge < -0.3 is 10.1 Å². The summed E-state index contributed by atoms with van der Waals surface area (Å²) >= 11 is 0. The van der Waals surface area contributed by atoms with E-state index in [1.165, 1.54) is 18.2 Å². The second kappa shape index (κ2) is 6.01. The van der Waals surface area contributed by atoms with Crippen LogP contribution in [0.1, 0.15) is 24.5 Å². The van der Waals surface area contributed by atoms with Gasteiger partial charge in [-0.25, -0.2) is 0 Å². The van der Waals surface area contributed by atoms with Gasteiger partial charge in [-0.05, 0) is 30.4 Å². The first-order valence-electron chi connectivity index (χ1n) is 6.58. The average Bonchev–Trinajstić information content (AvgIpc) is 2.43. The van der Waals surface area contributed by atoms with Gasteiger partial charge >= 0.3 is 5.97 Å². The van der Waals surface area contributed by atoms with Crippen LogP contribution in [0, 0.1) is 5.92 Å². The molecule has 1 aliphatic carbocycles. The van der Waals surface area contributed by atoms with Gasteiger partial charge in [0.2, 0.25) is 0 Å². The Morgan fingerprint density at radius 2 is 2.17 bits per heavy atom. The number of nitrogens with one attached hydrogen (secondary N) is 1. The summed E-state index contributed by atoms with van der Waals surface area (Å²) in [6.45, 7) is 2.59. The molecule has 18 heavy (non-hydrogen) atoms. The van der Waals surface area contributed by atoms with Crippen molar-refractivity contribution in [2.75, 3.05) is 13.7 Å². The average molecular weight is 247 g/mol. The van der Waals surface area contributed by atoms with Crippen molar-refractivity contribution in [1.82, 2.24) is 5.32 Å². The largest absolute Gasteiger partial charge is 0.469 e. The Hall–Kier alpha value is -1.35. The number of carbonyl (C=O) groups excluding carboxylic acids is 1. The fourth-order valence-corrected chi connectivity index (χ4v) is 2.50. The van der Waals surface area contributed by atoms with E-state index in [-0.39, 0.29) is 11.9 Å². The van der Waals surface area contributed by atoms with Crippen LogP contribution in [-0.2, 0) is 22.4 Å². The van der Waals surface area contributed by atoms with E-state index < -0.39 is 0 Å². The number of methoxy groups -OCH3 is 1. The highest BCUT2D eigenvalue weighted by Gasteiger charge is 2.20. The molecule has 3 nitrogen and oxygen atoms in total. The molecule has 0 spiro atoms. The van der Waals surface area contributed by atoms with Crippen LogP contribution < -0.4 is 5.32 Å². The zero-order valence-electron chi connectivity index (χ0n) is 11.1. The Morgan fingerprint density at radius 1 is 1.44 bits per heavy atom. The summed E-state index contributed by atoms with van der Waals surface area (Å²) in [6.07, 6.45) is 3.33. The minimum Gasteiger partial charge on any atom is -0.469 e. The highest BCUT2D eigenvalue weighted by Crippen LogP contribution is 2.21. The van der Waals surface area contributed by atoms with Crippen molar-refractivity contribution in [2.24, 2.45) is 5.92 Å². The lowest BCUT2D eigenvalue weighted by Gasteiger charge is -2.26. The number of aryl methyl sites for hydroxylation is 1. The van der Waals surface area contributed by atoms with E-state index in [4.69, 9.17) is 4.74 Å². The van der Waals surface area contributed by atoms with Gasteiger partial charge in [-0.1, -0.05) is 31.2 Å². The molecule has 3 heteroatoms. The fraction of sp³-hybridized carbons (Fsp3) is 0.533. The molecule has 1 aliphatic rings. The lowest BCUT2D eigenvalue weighted by molar-refractivity contribution is -0.144. The Balaban J connectivity index is 1.85. The third kappa shape index (κ3) is 3.10. The van der Waals surface area contributed by atoms with E-state index in [1.807, 2.05) is 6.92 Å². The van der Waals surface area contributed by atoms with Crippen LogP contribution in [0.5, 0.6) is 0 Å². The van der Waals surface area contributed by atoms with E-state index in [0.717, 1.165) is 19.3 Å². The van der Waals surface area contributed by atoms with Crippen LogP contribution in [0.25, 0.3) is 0 Å². The number of benzene rings is 1. The summed E-state index contributed by atoms with van der Waals surface area (Å²) in [5, 5.41) is 3.48. The van der Waals surface area contributed by atoms with Gasteiger partial charge in [0.05, 0.1) is 13.0 Å². The molecule has 0 aliphatic heterocycles. The monoisotopic (exact) mass is 247 g/mol. The van der Waals surface area contributed by atoms with Crippen molar-refractivity contribution < 1.29 is 9.53 Å². The number of ether oxygens (including phenoxy) is 1.